The Morgan fingerprint density at radius 2 is 1.58 bits per heavy atom. The van der Waals surface area contributed by atoms with E-state index in [1.54, 1.807) is 18.2 Å². The summed E-state index contributed by atoms with van der Waals surface area (Å²) in [5.41, 5.74) is 2.87. The minimum absolute atomic E-state index is 0.107. The zero-order chi connectivity index (χ0) is 23.0. The van der Waals surface area contributed by atoms with Gasteiger partial charge >= 0.3 is 0 Å². The summed E-state index contributed by atoms with van der Waals surface area (Å²) in [5.74, 6) is 3.47. The molecule has 6 nitrogen and oxygen atoms in total. The SMILES string of the molecule is COc1ccc(NC(C)=O)cc1NC(=O)COc1ccc(C23CC4CC(CC(C4)C2)C3)cc1. The monoisotopic (exact) mass is 448 g/mol. The Kier molecular flexibility index (Phi) is 5.77. The predicted molar refractivity (Wildman–Crippen MR) is 128 cm³/mol. The number of anilines is 2. The number of rotatable bonds is 7. The second-order valence-electron chi connectivity index (χ2n) is 10.2. The molecule has 0 radical (unpaired) electrons. The summed E-state index contributed by atoms with van der Waals surface area (Å²) in [5, 5.41) is 5.51. The molecule has 0 unspecified atom stereocenters. The first-order valence-electron chi connectivity index (χ1n) is 11.9. The van der Waals surface area contributed by atoms with Crippen LogP contribution in [0.15, 0.2) is 42.5 Å². The fourth-order valence-corrected chi connectivity index (χ4v) is 6.79. The number of benzene rings is 2. The molecule has 0 aromatic heterocycles. The number of hydrogen-bond acceptors (Lipinski definition) is 4. The van der Waals surface area contributed by atoms with Crippen LogP contribution in [0.25, 0.3) is 0 Å². The van der Waals surface area contributed by atoms with Crippen molar-refractivity contribution in [1.29, 1.82) is 0 Å². The lowest BCUT2D eigenvalue weighted by atomic mass is 9.48. The van der Waals surface area contributed by atoms with Crippen molar-refractivity contribution in [2.24, 2.45) is 17.8 Å². The lowest BCUT2D eigenvalue weighted by molar-refractivity contribution is -0.118. The normalized spacial score (nSPS) is 27.2. The summed E-state index contributed by atoms with van der Waals surface area (Å²) in [6.45, 7) is 1.33. The molecule has 2 aromatic carbocycles. The summed E-state index contributed by atoms with van der Waals surface area (Å²) in [4.78, 5) is 23.8. The lowest BCUT2D eigenvalue weighted by Gasteiger charge is -2.57. The first kappa shape index (κ1) is 21.8. The quantitative estimate of drug-likeness (QED) is 0.615. The Balaban J connectivity index is 1.20. The Morgan fingerprint density at radius 1 is 0.939 bits per heavy atom. The van der Waals surface area contributed by atoms with Gasteiger partial charge < -0.3 is 20.1 Å². The summed E-state index contributed by atoms with van der Waals surface area (Å²) < 4.78 is 11.1. The minimum Gasteiger partial charge on any atom is -0.495 e. The predicted octanol–water partition coefficient (Wildman–Crippen LogP) is 5.14. The van der Waals surface area contributed by atoms with E-state index in [4.69, 9.17) is 9.47 Å². The summed E-state index contributed by atoms with van der Waals surface area (Å²) >= 11 is 0. The molecule has 2 aromatic rings. The number of nitrogens with one attached hydrogen (secondary N) is 2. The maximum atomic E-state index is 12.5. The van der Waals surface area contributed by atoms with Crippen LogP contribution in [0.2, 0.25) is 0 Å². The Bertz CT molecular complexity index is 1010. The van der Waals surface area contributed by atoms with E-state index in [1.807, 2.05) is 12.1 Å². The first-order chi connectivity index (χ1) is 15.9. The summed E-state index contributed by atoms with van der Waals surface area (Å²) in [6, 6.07) is 13.5. The van der Waals surface area contributed by atoms with Crippen LogP contribution in [0.3, 0.4) is 0 Å². The second kappa shape index (κ2) is 8.73. The number of carbonyl (C=O) groups is 2. The molecule has 0 atom stereocenters. The third-order valence-electron chi connectivity index (χ3n) is 7.67. The van der Waals surface area contributed by atoms with Crippen LogP contribution in [-0.2, 0) is 15.0 Å². The van der Waals surface area contributed by atoms with Crippen molar-refractivity contribution in [2.75, 3.05) is 24.4 Å². The fraction of sp³-hybridized carbons (Fsp3) is 0.481. The zero-order valence-electron chi connectivity index (χ0n) is 19.4. The van der Waals surface area contributed by atoms with Crippen LogP contribution in [-0.4, -0.2) is 25.5 Å². The topological polar surface area (TPSA) is 76.7 Å². The van der Waals surface area contributed by atoms with Crippen molar-refractivity contribution < 1.29 is 19.1 Å². The number of amides is 2. The van der Waals surface area contributed by atoms with E-state index in [0.717, 1.165) is 17.8 Å². The molecule has 4 bridgehead atoms. The molecule has 33 heavy (non-hydrogen) atoms. The number of ether oxygens (including phenoxy) is 2. The van der Waals surface area contributed by atoms with Gasteiger partial charge in [-0.2, -0.15) is 0 Å². The van der Waals surface area contributed by atoms with Crippen molar-refractivity contribution in [3.05, 3.63) is 48.0 Å². The van der Waals surface area contributed by atoms with Gasteiger partial charge in [0.05, 0.1) is 12.8 Å². The highest BCUT2D eigenvalue weighted by Crippen LogP contribution is 2.60. The van der Waals surface area contributed by atoms with Crippen LogP contribution >= 0.6 is 0 Å². The molecule has 0 spiro atoms. The first-order valence-corrected chi connectivity index (χ1v) is 11.9. The smallest absolute Gasteiger partial charge is 0.262 e. The average molecular weight is 449 g/mol. The highest BCUT2D eigenvalue weighted by molar-refractivity contribution is 5.95. The number of methoxy groups -OCH3 is 1. The minimum atomic E-state index is -0.293. The van der Waals surface area contributed by atoms with E-state index in [0.29, 0.717) is 28.3 Å². The molecule has 4 aliphatic rings. The van der Waals surface area contributed by atoms with Gasteiger partial charge in [0.25, 0.3) is 5.91 Å². The van der Waals surface area contributed by atoms with E-state index in [9.17, 15) is 9.59 Å². The molecule has 4 saturated carbocycles. The lowest BCUT2D eigenvalue weighted by Crippen LogP contribution is -2.48. The van der Waals surface area contributed by atoms with Gasteiger partial charge in [-0.3, -0.25) is 9.59 Å². The van der Waals surface area contributed by atoms with Gasteiger partial charge in [-0.05, 0) is 97.6 Å². The molecule has 0 heterocycles. The molecule has 4 fully saturated rings. The molecule has 2 amide bonds. The summed E-state index contributed by atoms with van der Waals surface area (Å²) in [7, 11) is 1.53. The van der Waals surface area contributed by atoms with Crippen molar-refractivity contribution in [2.45, 2.75) is 50.9 Å². The standard InChI is InChI=1S/C27H32N2O4/c1-17(30)28-22-5-8-25(32-2)24(12-22)29-26(31)16-33-23-6-3-21(4-7-23)27-13-18-9-19(14-27)11-20(10-18)15-27/h3-8,12,18-20H,9-11,13-16H2,1-2H3,(H,28,30)(H,29,31). The van der Waals surface area contributed by atoms with Crippen molar-refractivity contribution in [3.63, 3.8) is 0 Å². The number of carbonyl (C=O) groups excluding carboxylic acids is 2. The van der Waals surface area contributed by atoms with Crippen LogP contribution < -0.4 is 20.1 Å². The van der Waals surface area contributed by atoms with Crippen LogP contribution in [0.5, 0.6) is 11.5 Å². The van der Waals surface area contributed by atoms with E-state index in [2.05, 4.69) is 22.8 Å². The molecule has 6 rings (SSSR count). The molecule has 4 aliphatic carbocycles. The van der Waals surface area contributed by atoms with Crippen LogP contribution in [0.4, 0.5) is 11.4 Å². The van der Waals surface area contributed by atoms with Crippen LogP contribution in [0.1, 0.15) is 51.0 Å². The Hall–Kier alpha value is -3.02. The number of hydrogen-bond donors (Lipinski definition) is 2. The molecule has 2 N–H and O–H groups in total. The van der Waals surface area contributed by atoms with E-state index in [-0.39, 0.29) is 18.4 Å². The summed E-state index contributed by atoms with van der Waals surface area (Å²) in [6.07, 6.45) is 8.32. The third kappa shape index (κ3) is 4.56. The van der Waals surface area contributed by atoms with Gasteiger partial charge in [0.15, 0.2) is 6.61 Å². The largest absolute Gasteiger partial charge is 0.495 e. The van der Waals surface area contributed by atoms with E-state index < -0.39 is 0 Å². The molecule has 174 valence electrons. The molecule has 0 aliphatic heterocycles. The van der Waals surface area contributed by atoms with Crippen molar-refractivity contribution >= 4 is 23.2 Å². The maximum absolute atomic E-state index is 12.5. The van der Waals surface area contributed by atoms with Gasteiger partial charge in [-0.1, -0.05) is 12.1 Å². The van der Waals surface area contributed by atoms with Gasteiger partial charge in [0.1, 0.15) is 11.5 Å². The Labute approximate surface area is 195 Å². The van der Waals surface area contributed by atoms with Crippen LogP contribution in [0, 0.1) is 17.8 Å². The van der Waals surface area contributed by atoms with Gasteiger partial charge in [-0.15, -0.1) is 0 Å². The maximum Gasteiger partial charge on any atom is 0.262 e. The van der Waals surface area contributed by atoms with E-state index >= 15 is 0 Å². The third-order valence-corrected chi connectivity index (χ3v) is 7.67. The van der Waals surface area contributed by atoms with Gasteiger partial charge in [0.2, 0.25) is 5.91 Å². The Morgan fingerprint density at radius 3 is 2.15 bits per heavy atom. The molecule has 0 saturated heterocycles. The highest BCUT2D eigenvalue weighted by atomic mass is 16.5. The van der Waals surface area contributed by atoms with E-state index in [1.165, 1.54) is 58.1 Å². The van der Waals surface area contributed by atoms with Gasteiger partial charge in [0, 0.05) is 12.6 Å². The molecule has 6 heteroatoms. The van der Waals surface area contributed by atoms with Crippen molar-refractivity contribution in [3.8, 4) is 11.5 Å². The van der Waals surface area contributed by atoms with Crippen molar-refractivity contribution in [1.82, 2.24) is 0 Å². The fourth-order valence-electron chi connectivity index (χ4n) is 6.79. The molecular weight excluding hydrogens is 416 g/mol. The molecular formula is C27H32N2O4. The zero-order valence-corrected chi connectivity index (χ0v) is 19.4. The second-order valence-corrected chi connectivity index (χ2v) is 10.2. The average Bonchev–Trinajstić information content (AvgIpc) is 2.77. The van der Waals surface area contributed by atoms with Gasteiger partial charge in [-0.25, -0.2) is 0 Å². The highest BCUT2D eigenvalue weighted by Gasteiger charge is 2.51.